The monoisotopic (exact) mass is 618 g/mol. The Morgan fingerprint density at radius 3 is 2.18 bits per heavy atom. The van der Waals surface area contributed by atoms with Crippen LogP contribution < -0.4 is 25.0 Å². The van der Waals surface area contributed by atoms with Gasteiger partial charge in [-0.15, -0.1) is 0 Å². The zero-order chi connectivity index (χ0) is 20.6. The van der Waals surface area contributed by atoms with E-state index in [1.165, 1.54) is 12.8 Å². The van der Waals surface area contributed by atoms with Crippen LogP contribution >= 0.6 is 22.6 Å². The van der Waals surface area contributed by atoms with Gasteiger partial charge in [-0.25, -0.2) is 0 Å². The molecule has 162 valence electrons. The summed E-state index contributed by atoms with van der Waals surface area (Å²) in [6.45, 7) is 8.60. The van der Waals surface area contributed by atoms with Gasteiger partial charge in [0, 0.05) is 0 Å². The third-order valence-corrected chi connectivity index (χ3v) is 11.6. The maximum absolute atomic E-state index is 12.6. The van der Waals surface area contributed by atoms with Crippen LogP contribution in [0, 0.1) is 17.3 Å². The third kappa shape index (κ3) is 5.34. The second kappa shape index (κ2) is 8.85. The molecule has 7 heteroatoms. The summed E-state index contributed by atoms with van der Waals surface area (Å²) in [6.07, 6.45) is 8.86. The average Bonchev–Trinajstić information content (AvgIpc) is 3.40. The van der Waals surface area contributed by atoms with E-state index in [1.807, 2.05) is 6.92 Å². The van der Waals surface area contributed by atoms with Crippen LogP contribution in [0.3, 0.4) is 0 Å². The minimum absolute atomic E-state index is 0.0928. The van der Waals surface area contributed by atoms with Gasteiger partial charge < -0.3 is 0 Å². The van der Waals surface area contributed by atoms with Crippen molar-refractivity contribution in [2.45, 2.75) is 92.1 Å². The van der Waals surface area contributed by atoms with Crippen molar-refractivity contribution in [1.82, 2.24) is 3.53 Å². The Morgan fingerprint density at radius 1 is 1.11 bits per heavy atom. The van der Waals surface area contributed by atoms with Gasteiger partial charge in [0.25, 0.3) is 0 Å². The van der Waals surface area contributed by atoms with Gasteiger partial charge in [0.05, 0.1) is 0 Å². The number of carbonyl (C=O) groups is 2. The van der Waals surface area contributed by atoms with Gasteiger partial charge in [0.1, 0.15) is 0 Å². The van der Waals surface area contributed by atoms with Crippen molar-refractivity contribution in [2.75, 3.05) is 6.61 Å². The van der Waals surface area contributed by atoms with Gasteiger partial charge >= 0.3 is 168 Å². The molecule has 0 bridgehead atoms. The Kier molecular flexibility index (Phi) is 7.28. The fourth-order valence-electron chi connectivity index (χ4n) is 4.91. The summed E-state index contributed by atoms with van der Waals surface area (Å²) in [5.41, 5.74) is 0.0208. The summed E-state index contributed by atoms with van der Waals surface area (Å²) >= 11 is 2.04. The van der Waals surface area contributed by atoms with Crippen molar-refractivity contribution >= 4 is 34.5 Å². The second-order valence-corrected chi connectivity index (χ2v) is 14.6. The van der Waals surface area contributed by atoms with Crippen LogP contribution in [0.25, 0.3) is 0 Å². The predicted octanol–water partition coefficient (Wildman–Crippen LogP) is 1.37. The van der Waals surface area contributed by atoms with Crippen molar-refractivity contribution in [2.24, 2.45) is 17.3 Å². The molecule has 0 aromatic carbocycles. The molecule has 2 saturated carbocycles. The first-order chi connectivity index (χ1) is 13.0. The Labute approximate surface area is 193 Å². The van der Waals surface area contributed by atoms with Gasteiger partial charge in [0.15, 0.2) is 0 Å². The third-order valence-electron chi connectivity index (χ3n) is 6.88. The van der Waals surface area contributed by atoms with Gasteiger partial charge in [-0.2, -0.15) is 0 Å². The van der Waals surface area contributed by atoms with E-state index in [4.69, 9.17) is 9.47 Å². The predicted molar refractivity (Wildman–Crippen MR) is 113 cm³/mol. The molecular weight excluding hydrogens is 584 g/mol. The Balaban J connectivity index is 1.54. The average molecular weight is 618 g/mol. The van der Waals surface area contributed by atoms with E-state index in [9.17, 15) is 9.59 Å². The molecule has 2 aliphatic carbocycles. The number of esters is 2. The molecule has 2 atom stereocenters. The SMILES string of the molecule is CC(C)(C)C1CCC(C2(OC(=O)COC(=O)C(C)(I)C3N[I-]3)CCCC2)CC1. The standard InChI is InChI=1S/C21H34I2NO4/c1-19(2,3)14-7-9-15(10-8-14)21(11-5-6-12-21)28-16(25)13-27-18(26)20(4,22)17-23-24-17/h14-15,17,24H,5-13H2,1-4H3/q-1. The molecule has 0 aromatic rings. The number of ether oxygens (including phenoxy) is 2. The normalized spacial score (nSPS) is 32.0. The maximum atomic E-state index is 12.6. The van der Waals surface area contributed by atoms with Crippen LogP contribution in [-0.2, 0) is 19.1 Å². The minimum atomic E-state index is -0.582. The van der Waals surface area contributed by atoms with Crippen LogP contribution in [0.4, 0.5) is 0 Å². The van der Waals surface area contributed by atoms with Gasteiger partial charge in [0.2, 0.25) is 0 Å². The first-order valence-electron chi connectivity index (χ1n) is 10.5. The van der Waals surface area contributed by atoms with Crippen LogP contribution in [0.5, 0.6) is 0 Å². The quantitative estimate of drug-likeness (QED) is 0.122. The summed E-state index contributed by atoms with van der Waals surface area (Å²) in [6, 6.07) is 0. The van der Waals surface area contributed by atoms with E-state index >= 15 is 0 Å². The topological polar surface area (TPSA) is 74.5 Å². The summed E-state index contributed by atoms with van der Waals surface area (Å²) in [5, 5.41) is 0. The van der Waals surface area contributed by atoms with Crippen LogP contribution in [0.1, 0.15) is 79.1 Å². The molecule has 0 aromatic heterocycles. The van der Waals surface area contributed by atoms with Crippen molar-refractivity contribution < 1.29 is 40.5 Å². The molecule has 0 radical (unpaired) electrons. The fraction of sp³-hybridized carbons (Fsp3) is 0.905. The molecule has 1 saturated heterocycles. The zero-order valence-electron chi connectivity index (χ0n) is 17.5. The number of hydrogen-bond donors (Lipinski definition) is 1. The summed E-state index contributed by atoms with van der Waals surface area (Å²) in [7, 11) is 0. The zero-order valence-corrected chi connectivity index (χ0v) is 21.8. The first kappa shape index (κ1) is 23.0. The van der Waals surface area contributed by atoms with E-state index < -0.39 is 3.42 Å². The van der Waals surface area contributed by atoms with E-state index in [1.54, 1.807) is 0 Å². The van der Waals surface area contributed by atoms with E-state index in [-0.39, 0.29) is 49.7 Å². The fourth-order valence-corrected chi connectivity index (χ4v) is 8.25. The van der Waals surface area contributed by atoms with E-state index in [2.05, 4.69) is 46.9 Å². The van der Waals surface area contributed by atoms with Gasteiger partial charge in [-0.3, -0.25) is 0 Å². The number of alkyl halides is 2. The first-order valence-corrected chi connectivity index (χ1v) is 13.9. The van der Waals surface area contributed by atoms with Crippen molar-refractivity contribution in [3.63, 3.8) is 0 Å². The number of hydrogen-bond acceptors (Lipinski definition) is 5. The molecule has 1 aliphatic heterocycles. The van der Waals surface area contributed by atoms with E-state index in [0.29, 0.717) is 11.3 Å². The van der Waals surface area contributed by atoms with Crippen LogP contribution in [-0.4, -0.2) is 31.6 Å². The molecule has 3 aliphatic rings. The number of carbonyl (C=O) groups excluding carboxylic acids is 2. The molecule has 1 N–H and O–H groups in total. The summed E-state index contributed by atoms with van der Waals surface area (Å²) in [5.74, 6) is 0.507. The Bertz CT molecular complexity index is 584. The molecule has 5 nitrogen and oxygen atoms in total. The number of nitrogens with one attached hydrogen (secondary N) is 1. The summed E-state index contributed by atoms with van der Waals surface area (Å²) in [4.78, 5) is 24.9. The number of halogens is 2. The van der Waals surface area contributed by atoms with Crippen molar-refractivity contribution in [3.8, 4) is 0 Å². The molecule has 0 amide bonds. The van der Waals surface area contributed by atoms with Gasteiger partial charge in [-0.05, 0) is 5.41 Å². The molecule has 0 spiro atoms. The van der Waals surface area contributed by atoms with Crippen LogP contribution in [0.15, 0.2) is 0 Å². The summed E-state index contributed by atoms with van der Waals surface area (Å²) < 4.78 is 14.3. The Morgan fingerprint density at radius 2 is 1.68 bits per heavy atom. The molecule has 1 heterocycles. The van der Waals surface area contributed by atoms with Crippen molar-refractivity contribution in [3.05, 3.63) is 0 Å². The molecular formula is C21H34I2NO4-. The Hall–Kier alpha value is 0.360. The van der Waals surface area contributed by atoms with Crippen molar-refractivity contribution in [1.29, 1.82) is 0 Å². The molecule has 3 rings (SSSR count). The molecule has 2 unspecified atom stereocenters. The van der Waals surface area contributed by atoms with E-state index in [0.717, 1.165) is 44.4 Å². The molecule has 28 heavy (non-hydrogen) atoms. The second-order valence-electron chi connectivity index (χ2n) is 9.89. The molecule has 3 fully saturated rings. The van der Waals surface area contributed by atoms with Gasteiger partial charge in [-0.1, -0.05) is 20.8 Å². The van der Waals surface area contributed by atoms with Crippen LogP contribution in [0.2, 0.25) is 0 Å². The number of rotatable bonds is 6.